The van der Waals surface area contributed by atoms with Crippen LogP contribution in [-0.4, -0.2) is 65.7 Å². The van der Waals surface area contributed by atoms with Gasteiger partial charge in [-0.3, -0.25) is 23.4 Å². The van der Waals surface area contributed by atoms with Gasteiger partial charge in [0.05, 0.1) is 92.2 Å². The Balaban J connectivity index is 0.000000190. The summed E-state index contributed by atoms with van der Waals surface area (Å²) in [4.78, 5) is 0. The number of nitrogens with zero attached hydrogens (tertiary/aromatic N) is 13. The summed E-state index contributed by atoms with van der Waals surface area (Å²) in [5.74, 6) is 4.44. The smallest absolute Gasteiger partial charge is 0.115 e. The molecule has 3 fully saturated rings. The molecule has 3 aliphatic rings. The number of rotatable bonds is 16. The Bertz CT molecular complexity index is 3080. The minimum atomic E-state index is -0.162. The Morgan fingerprint density at radius 1 is 0.470 bits per heavy atom. The van der Waals surface area contributed by atoms with Crippen molar-refractivity contribution in [3.05, 3.63) is 156 Å². The number of hydrogen-bond donors (Lipinski definition) is 2. The highest BCUT2D eigenvalue weighted by Crippen LogP contribution is 2.39. The van der Waals surface area contributed by atoms with Gasteiger partial charge in [0.15, 0.2) is 0 Å². The first-order valence-electron chi connectivity index (χ1n) is 30.2. The Morgan fingerprint density at radius 3 is 1.27 bits per heavy atom. The third-order valence-corrected chi connectivity index (χ3v) is 16.7. The van der Waals surface area contributed by atoms with Gasteiger partial charge in [-0.05, 0) is 131 Å². The number of phenolic OH excluding ortho intramolecular Hbond substituents is 1. The van der Waals surface area contributed by atoms with Crippen LogP contribution in [0, 0.1) is 51.7 Å². The van der Waals surface area contributed by atoms with Crippen molar-refractivity contribution in [3.63, 3.8) is 0 Å². The summed E-state index contributed by atoms with van der Waals surface area (Å²) in [6, 6.07) is 25.1. The maximum absolute atomic E-state index is 9.56. The molecule has 2 N–H and O–H groups in total. The van der Waals surface area contributed by atoms with Crippen LogP contribution in [0.15, 0.2) is 117 Å². The van der Waals surface area contributed by atoms with Gasteiger partial charge in [0.1, 0.15) is 5.75 Å². The molecular weight excluding hydrogens is 1030 g/mol. The van der Waals surface area contributed by atoms with Gasteiger partial charge in [0.2, 0.25) is 0 Å². The molecule has 0 spiro atoms. The van der Waals surface area contributed by atoms with Crippen LogP contribution in [0.4, 0.5) is 0 Å². The van der Waals surface area contributed by atoms with Crippen molar-refractivity contribution in [2.24, 2.45) is 17.8 Å². The summed E-state index contributed by atoms with van der Waals surface area (Å²) < 4.78 is 10.0. The summed E-state index contributed by atoms with van der Waals surface area (Å²) in [5, 5.41) is 67.7. The average Bonchev–Trinajstić information content (AvgIpc) is 4.54. The van der Waals surface area contributed by atoms with E-state index in [-0.39, 0.29) is 25.3 Å². The van der Waals surface area contributed by atoms with Crippen LogP contribution < -0.4 is 0 Å². The zero-order valence-corrected chi connectivity index (χ0v) is 50.9. The lowest BCUT2D eigenvalue weighted by Crippen LogP contribution is -2.17. The van der Waals surface area contributed by atoms with Crippen molar-refractivity contribution in [2.75, 3.05) is 6.61 Å². The molecule has 0 bridgehead atoms. The van der Waals surface area contributed by atoms with E-state index in [0.29, 0.717) is 85.4 Å². The van der Waals surface area contributed by atoms with Gasteiger partial charge in [-0.2, -0.15) is 41.3 Å². The summed E-state index contributed by atoms with van der Waals surface area (Å²) >= 11 is 0. The maximum atomic E-state index is 9.56. The summed E-state index contributed by atoms with van der Waals surface area (Å²) in [6.45, 7) is 24.3. The average molecular weight is 1130 g/mol. The molecular formula is C68H97N13O2. The Hall–Kier alpha value is -7.28. The Morgan fingerprint density at radius 2 is 0.867 bits per heavy atom. The van der Waals surface area contributed by atoms with Crippen molar-refractivity contribution in [1.29, 1.82) is 15.8 Å². The van der Waals surface area contributed by atoms with Crippen molar-refractivity contribution < 1.29 is 10.2 Å². The molecule has 0 aliphatic heterocycles. The molecule has 7 aromatic rings. The maximum Gasteiger partial charge on any atom is 0.115 e. The summed E-state index contributed by atoms with van der Waals surface area (Å²) in [7, 11) is 0. The van der Waals surface area contributed by atoms with Gasteiger partial charge >= 0.3 is 0 Å². The zero-order valence-electron chi connectivity index (χ0n) is 50.9. The molecule has 3 aliphatic carbocycles. The summed E-state index contributed by atoms with van der Waals surface area (Å²) in [5.41, 5.74) is 8.31. The number of aromatic hydroxyl groups is 1. The highest BCUT2D eigenvalue weighted by atomic mass is 16.3. The van der Waals surface area contributed by atoms with E-state index in [0.717, 1.165) is 35.4 Å². The highest BCUT2D eigenvalue weighted by Gasteiger charge is 2.31. The molecule has 0 saturated heterocycles. The standard InChI is InChI=1S/C15H17N3O.C15H17N3.C13H19N3.C12H20N2O.C12H20N2.CH4/c1-11(2)13-9-17-18(10-13)15(6-7-16)12-4-3-5-14(19)8-12;1-12(2)14-10-17-18(11-14)15(8-9-16)13-6-4-3-5-7-13;1-10(2)12-8-15-16(9-12)13-5-3-4-11(13)6-7-14;1-9(2)11-6-13-14(7-11)12-5-3-4-10(12)8-15;1-9(2)11-7-13-14(8-11)12-6-4-5-10(12)3;/h3-5,8-11,15,19H,6H2,1-2H3;3-7,10-12,15H,8H2,1-2H3;8-11,13H,3-6H2,1-2H3;6-7,9-10,12,15H,3-5,8H2,1-2H3;7-10,12H,4-6H2,1-3H3;1H4/t2*15-;;;;/m11..../s1. The van der Waals surface area contributed by atoms with Gasteiger partial charge in [-0.1, -0.05) is 145 Å². The second-order valence-electron chi connectivity index (χ2n) is 24.3. The second kappa shape index (κ2) is 33.1. The third-order valence-electron chi connectivity index (χ3n) is 16.7. The van der Waals surface area contributed by atoms with Gasteiger partial charge < -0.3 is 10.2 Å². The van der Waals surface area contributed by atoms with Crippen LogP contribution in [0.2, 0.25) is 0 Å². The number of phenols is 1. The topological polar surface area (TPSA) is 201 Å². The summed E-state index contributed by atoms with van der Waals surface area (Å²) in [6.07, 6.45) is 32.7. The number of benzene rings is 2. The fourth-order valence-corrected chi connectivity index (χ4v) is 11.3. The van der Waals surface area contributed by atoms with E-state index in [9.17, 15) is 10.2 Å². The predicted octanol–water partition coefficient (Wildman–Crippen LogP) is 16.3. The molecule has 15 nitrogen and oxygen atoms in total. The Labute approximate surface area is 497 Å². The first kappa shape index (κ1) is 66.5. The zero-order chi connectivity index (χ0) is 59.3. The molecule has 2 aromatic carbocycles. The lowest BCUT2D eigenvalue weighted by atomic mass is 10.0. The molecule has 0 amide bonds. The molecule has 0 radical (unpaired) electrons. The van der Waals surface area contributed by atoms with Crippen LogP contribution in [0.5, 0.6) is 5.75 Å². The first-order chi connectivity index (χ1) is 39.5. The highest BCUT2D eigenvalue weighted by molar-refractivity contribution is 5.31. The predicted molar refractivity (Wildman–Crippen MR) is 332 cm³/mol. The van der Waals surface area contributed by atoms with Crippen LogP contribution in [0.1, 0.15) is 259 Å². The van der Waals surface area contributed by atoms with E-state index in [1.165, 1.54) is 67.2 Å². The third kappa shape index (κ3) is 18.9. The van der Waals surface area contributed by atoms with E-state index in [2.05, 4.69) is 152 Å². The van der Waals surface area contributed by atoms with E-state index in [4.69, 9.17) is 15.8 Å². The van der Waals surface area contributed by atoms with Crippen LogP contribution in [0.25, 0.3) is 0 Å². The van der Waals surface area contributed by atoms with E-state index < -0.39 is 0 Å². The molecule has 6 unspecified atom stereocenters. The molecule has 15 heteroatoms. The number of aliphatic hydroxyl groups excluding tert-OH is 1. The minimum Gasteiger partial charge on any atom is -0.508 e. The van der Waals surface area contributed by atoms with Crippen molar-refractivity contribution in [2.45, 2.75) is 220 Å². The normalized spacial score (nSPS) is 19.7. The van der Waals surface area contributed by atoms with E-state index in [1.807, 2.05) is 84.5 Å². The number of aromatic nitrogens is 10. The molecule has 5 heterocycles. The second-order valence-corrected chi connectivity index (χ2v) is 24.3. The monoisotopic (exact) mass is 1130 g/mol. The molecule has 83 heavy (non-hydrogen) atoms. The van der Waals surface area contributed by atoms with Gasteiger partial charge in [0, 0.05) is 49.9 Å². The van der Waals surface area contributed by atoms with Crippen LogP contribution in [0.3, 0.4) is 0 Å². The fourth-order valence-electron chi connectivity index (χ4n) is 11.3. The quantitative estimate of drug-likeness (QED) is 0.0938. The molecule has 5 aromatic heterocycles. The van der Waals surface area contributed by atoms with Gasteiger partial charge in [-0.25, -0.2) is 0 Å². The van der Waals surface area contributed by atoms with Gasteiger partial charge in [0.25, 0.3) is 0 Å². The number of nitriles is 3. The van der Waals surface area contributed by atoms with Crippen molar-refractivity contribution >= 4 is 0 Å². The molecule has 8 atom stereocenters. The van der Waals surface area contributed by atoms with Crippen molar-refractivity contribution in [1.82, 2.24) is 48.9 Å². The lowest BCUT2D eigenvalue weighted by Gasteiger charge is -2.17. The van der Waals surface area contributed by atoms with Gasteiger partial charge in [-0.15, -0.1) is 0 Å². The first-order valence-corrected chi connectivity index (χ1v) is 30.2. The Kier molecular flexibility index (Phi) is 26.5. The molecule has 446 valence electrons. The van der Waals surface area contributed by atoms with E-state index >= 15 is 0 Å². The molecule has 10 rings (SSSR count). The molecule has 3 saturated carbocycles. The number of hydrogen-bond acceptors (Lipinski definition) is 10. The van der Waals surface area contributed by atoms with Crippen molar-refractivity contribution in [3.8, 4) is 24.0 Å². The largest absolute Gasteiger partial charge is 0.508 e. The fraction of sp³-hybridized carbons (Fsp3) is 0.559. The SMILES string of the molecule is C.CC(C)c1cnn(C2CCCC2C)c1.CC(C)c1cnn(C2CCCC2CC#N)c1.CC(C)c1cnn(C2CCCC2CO)c1.CC(C)c1cnn([C@H](CC#N)c2cccc(O)c2)c1.CC(C)c1cnn([C@H](CC#N)c2ccccc2)c1. The lowest BCUT2D eigenvalue weighted by molar-refractivity contribution is 0.190. The van der Waals surface area contributed by atoms with Crippen LogP contribution in [-0.2, 0) is 0 Å². The minimum absolute atomic E-state index is 0. The van der Waals surface area contributed by atoms with Crippen LogP contribution >= 0.6 is 0 Å². The van der Waals surface area contributed by atoms with E-state index in [1.54, 1.807) is 22.9 Å². The number of aliphatic hydroxyl groups is 1.